The first-order valence-corrected chi connectivity index (χ1v) is 6.74. The average molecular weight is 209 g/mol. The van der Waals surface area contributed by atoms with Crippen LogP contribution in [0.3, 0.4) is 0 Å². The largest absolute Gasteiger partial charge is 0.381 e. The third kappa shape index (κ3) is 2.73. The summed E-state index contributed by atoms with van der Waals surface area (Å²) in [6.45, 7) is 3.24. The highest BCUT2D eigenvalue weighted by molar-refractivity contribution is 4.96. The van der Waals surface area contributed by atoms with Gasteiger partial charge in [0.25, 0.3) is 0 Å². The molecule has 0 amide bonds. The second-order valence-corrected chi connectivity index (χ2v) is 5.67. The standard InChI is InChI=1S/C13H23NO/c1-2-11(1)13(12-3-4-12)14-7-5-10-6-8-15-9-10/h10-14H,1-9H2. The molecule has 0 spiro atoms. The van der Waals surface area contributed by atoms with Crippen molar-refractivity contribution in [2.75, 3.05) is 19.8 Å². The molecule has 0 bridgehead atoms. The monoisotopic (exact) mass is 209 g/mol. The van der Waals surface area contributed by atoms with E-state index in [-0.39, 0.29) is 0 Å². The molecule has 2 saturated carbocycles. The highest BCUT2D eigenvalue weighted by atomic mass is 16.5. The van der Waals surface area contributed by atoms with E-state index in [0.29, 0.717) is 0 Å². The topological polar surface area (TPSA) is 21.3 Å². The van der Waals surface area contributed by atoms with E-state index in [1.807, 2.05) is 0 Å². The number of hydrogen-bond donors (Lipinski definition) is 1. The maximum atomic E-state index is 5.41. The molecule has 1 N–H and O–H groups in total. The molecular formula is C13H23NO. The molecule has 1 atom stereocenters. The fraction of sp³-hybridized carbons (Fsp3) is 1.00. The summed E-state index contributed by atoms with van der Waals surface area (Å²) in [6.07, 6.45) is 8.57. The molecular weight excluding hydrogens is 186 g/mol. The third-order valence-corrected chi connectivity index (χ3v) is 4.22. The molecule has 1 saturated heterocycles. The minimum absolute atomic E-state index is 0.844. The quantitative estimate of drug-likeness (QED) is 0.724. The van der Waals surface area contributed by atoms with Crippen LogP contribution in [0.25, 0.3) is 0 Å². The minimum atomic E-state index is 0.844. The fourth-order valence-electron chi connectivity index (χ4n) is 2.89. The third-order valence-electron chi connectivity index (χ3n) is 4.22. The smallest absolute Gasteiger partial charge is 0.0495 e. The van der Waals surface area contributed by atoms with Gasteiger partial charge in [0.15, 0.2) is 0 Å². The number of nitrogens with one attached hydrogen (secondary N) is 1. The molecule has 86 valence electrons. The summed E-state index contributed by atoms with van der Waals surface area (Å²) >= 11 is 0. The first-order chi connectivity index (χ1) is 7.43. The van der Waals surface area contributed by atoms with Crippen LogP contribution in [0.4, 0.5) is 0 Å². The van der Waals surface area contributed by atoms with Crippen molar-refractivity contribution < 1.29 is 4.74 Å². The van der Waals surface area contributed by atoms with Crippen LogP contribution < -0.4 is 5.32 Å². The molecule has 2 nitrogen and oxygen atoms in total. The predicted octanol–water partition coefficient (Wildman–Crippen LogP) is 2.19. The normalized spacial score (nSPS) is 31.4. The molecule has 3 aliphatic rings. The first kappa shape index (κ1) is 10.1. The average Bonchev–Trinajstić information content (AvgIpc) is 3.15. The van der Waals surface area contributed by atoms with Crippen LogP contribution in [0, 0.1) is 17.8 Å². The lowest BCUT2D eigenvalue weighted by Gasteiger charge is -2.18. The van der Waals surface area contributed by atoms with E-state index in [4.69, 9.17) is 4.74 Å². The summed E-state index contributed by atoms with van der Waals surface area (Å²) in [5, 5.41) is 3.81. The molecule has 0 aromatic rings. The van der Waals surface area contributed by atoms with Crippen molar-refractivity contribution >= 4 is 0 Å². The van der Waals surface area contributed by atoms with E-state index in [1.54, 1.807) is 0 Å². The van der Waals surface area contributed by atoms with Gasteiger partial charge in [0.2, 0.25) is 0 Å². The van der Waals surface area contributed by atoms with Crippen molar-refractivity contribution in [2.24, 2.45) is 17.8 Å². The van der Waals surface area contributed by atoms with Gasteiger partial charge in [0.1, 0.15) is 0 Å². The Labute approximate surface area is 92.8 Å². The van der Waals surface area contributed by atoms with Crippen LogP contribution in [0.2, 0.25) is 0 Å². The van der Waals surface area contributed by atoms with Crippen molar-refractivity contribution in [1.29, 1.82) is 0 Å². The van der Waals surface area contributed by atoms with Gasteiger partial charge in [0.05, 0.1) is 0 Å². The van der Waals surface area contributed by atoms with Crippen LogP contribution in [0.15, 0.2) is 0 Å². The van der Waals surface area contributed by atoms with Crippen molar-refractivity contribution in [2.45, 2.75) is 44.6 Å². The Morgan fingerprint density at radius 3 is 2.33 bits per heavy atom. The van der Waals surface area contributed by atoms with Gasteiger partial charge >= 0.3 is 0 Å². The van der Waals surface area contributed by atoms with Gasteiger partial charge in [-0.15, -0.1) is 0 Å². The Hall–Kier alpha value is -0.0800. The van der Waals surface area contributed by atoms with Crippen LogP contribution in [0.1, 0.15) is 38.5 Å². The van der Waals surface area contributed by atoms with Crippen LogP contribution in [-0.2, 0) is 4.74 Å². The van der Waals surface area contributed by atoms with Gasteiger partial charge in [-0.3, -0.25) is 0 Å². The number of rotatable bonds is 6. The minimum Gasteiger partial charge on any atom is -0.381 e. The number of hydrogen-bond acceptors (Lipinski definition) is 2. The van der Waals surface area contributed by atoms with Gasteiger partial charge in [-0.2, -0.15) is 0 Å². The zero-order chi connectivity index (χ0) is 10.1. The lowest BCUT2D eigenvalue weighted by molar-refractivity contribution is 0.183. The predicted molar refractivity (Wildman–Crippen MR) is 60.8 cm³/mol. The van der Waals surface area contributed by atoms with Crippen molar-refractivity contribution in [3.63, 3.8) is 0 Å². The lowest BCUT2D eigenvalue weighted by atomic mass is 10.0. The molecule has 2 aliphatic carbocycles. The molecule has 1 aliphatic heterocycles. The van der Waals surface area contributed by atoms with Crippen molar-refractivity contribution in [3.05, 3.63) is 0 Å². The van der Waals surface area contributed by atoms with Gasteiger partial charge in [0, 0.05) is 19.3 Å². The van der Waals surface area contributed by atoms with Gasteiger partial charge in [-0.1, -0.05) is 0 Å². The maximum Gasteiger partial charge on any atom is 0.0495 e. The van der Waals surface area contributed by atoms with E-state index in [2.05, 4.69) is 5.32 Å². The Morgan fingerprint density at radius 1 is 1.07 bits per heavy atom. The first-order valence-electron chi connectivity index (χ1n) is 6.74. The summed E-state index contributed by atoms with van der Waals surface area (Å²) < 4.78 is 5.41. The number of ether oxygens (including phenoxy) is 1. The Balaban J connectivity index is 1.36. The molecule has 0 aromatic carbocycles. The zero-order valence-electron chi connectivity index (χ0n) is 9.58. The fourth-order valence-corrected chi connectivity index (χ4v) is 2.89. The summed E-state index contributed by atoms with van der Waals surface area (Å²) in [5.74, 6) is 2.92. The Bertz CT molecular complexity index is 193. The maximum absolute atomic E-state index is 5.41. The summed E-state index contributed by atoms with van der Waals surface area (Å²) in [5.41, 5.74) is 0. The lowest BCUT2D eigenvalue weighted by Crippen LogP contribution is -2.34. The van der Waals surface area contributed by atoms with Gasteiger partial charge in [-0.25, -0.2) is 0 Å². The summed E-state index contributed by atoms with van der Waals surface area (Å²) in [7, 11) is 0. The Kier molecular flexibility index (Phi) is 2.98. The van der Waals surface area contributed by atoms with E-state index in [9.17, 15) is 0 Å². The summed E-state index contributed by atoms with van der Waals surface area (Å²) in [6, 6.07) is 0.882. The van der Waals surface area contributed by atoms with E-state index < -0.39 is 0 Å². The molecule has 0 radical (unpaired) electrons. The summed E-state index contributed by atoms with van der Waals surface area (Å²) in [4.78, 5) is 0. The van der Waals surface area contributed by atoms with Gasteiger partial charge in [-0.05, 0) is 62.8 Å². The van der Waals surface area contributed by atoms with E-state index in [0.717, 1.165) is 37.0 Å². The van der Waals surface area contributed by atoms with Crippen molar-refractivity contribution in [1.82, 2.24) is 5.32 Å². The van der Waals surface area contributed by atoms with E-state index in [1.165, 1.54) is 45.1 Å². The van der Waals surface area contributed by atoms with Crippen LogP contribution >= 0.6 is 0 Å². The molecule has 3 fully saturated rings. The van der Waals surface area contributed by atoms with Gasteiger partial charge < -0.3 is 10.1 Å². The second kappa shape index (κ2) is 4.42. The Morgan fingerprint density at radius 2 is 1.80 bits per heavy atom. The van der Waals surface area contributed by atoms with E-state index >= 15 is 0 Å². The van der Waals surface area contributed by atoms with Crippen LogP contribution in [0.5, 0.6) is 0 Å². The SMILES string of the molecule is C(CC1CCOC1)NC(C1CC1)C1CC1. The molecule has 0 aromatic heterocycles. The van der Waals surface area contributed by atoms with Crippen molar-refractivity contribution in [3.8, 4) is 0 Å². The second-order valence-electron chi connectivity index (χ2n) is 5.67. The molecule has 3 rings (SSSR count). The molecule has 1 heterocycles. The molecule has 1 unspecified atom stereocenters. The molecule has 15 heavy (non-hydrogen) atoms. The highest BCUT2D eigenvalue weighted by Crippen LogP contribution is 2.44. The van der Waals surface area contributed by atoms with Crippen LogP contribution in [-0.4, -0.2) is 25.8 Å². The zero-order valence-corrected chi connectivity index (χ0v) is 9.58. The molecule has 2 heteroatoms. The highest BCUT2D eigenvalue weighted by Gasteiger charge is 2.40.